The summed E-state index contributed by atoms with van der Waals surface area (Å²) in [6.07, 6.45) is 11.1. The smallest absolute Gasteiger partial charge is 0.247 e. The Morgan fingerprint density at radius 2 is 1.93 bits per heavy atom. The van der Waals surface area contributed by atoms with Crippen LogP contribution in [0.1, 0.15) is 49.3 Å². The number of aryl methyl sites for hydroxylation is 1. The fourth-order valence-electron chi connectivity index (χ4n) is 3.97. The minimum atomic E-state index is -0.733. The number of nitrogens with one attached hydrogen (secondary N) is 1. The Hall–Kier alpha value is -3.06. The second kappa shape index (κ2) is 9.43. The first kappa shape index (κ1) is 20.7. The van der Waals surface area contributed by atoms with Crippen molar-refractivity contribution in [1.29, 1.82) is 0 Å². The molecule has 1 aliphatic rings. The summed E-state index contributed by atoms with van der Waals surface area (Å²) in [6, 6.07) is 13.2. The van der Waals surface area contributed by atoms with Crippen LogP contribution in [0.5, 0.6) is 0 Å². The van der Waals surface area contributed by atoms with E-state index in [4.69, 9.17) is 6.42 Å². The van der Waals surface area contributed by atoms with Crippen LogP contribution in [0.2, 0.25) is 0 Å². The molecule has 1 amide bonds. The lowest BCUT2D eigenvalue weighted by molar-refractivity contribution is -0.123. The summed E-state index contributed by atoms with van der Waals surface area (Å²) in [4.78, 5) is 15.2. The Morgan fingerprint density at radius 1 is 1.21 bits per heavy atom. The van der Waals surface area contributed by atoms with Crippen LogP contribution < -0.4 is 10.2 Å². The van der Waals surface area contributed by atoms with E-state index in [0.29, 0.717) is 11.4 Å². The van der Waals surface area contributed by atoms with Crippen LogP contribution in [0.4, 0.5) is 10.1 Å². The van der Waals surface area contributed by atoms with E-state index in [1.54, 1.807) is 17.0 Å². The maximum atomic E-state index is 14.0. The van der Waals surface area contributed by atoms with Crippen molar-refractivity contribution < 1.29 is 9.18 Å². The highest BCUT2D eigenvalue weighted by Gasteiger charge is 2.32. The van der Waals surface area contributed by atoms with Crippen LogP contribution in [0.15, 0.2) is 60.8 Å². The van der Waals surface area contributed by atoms with Crippen molar-refractivity contribution in [3.63, 3.8) is 0 Å². The molecule has 1 unspecified atom stereocenters. The van der Waals surface area contributed by atoms with Crippen LogP contribution in [0.3, 0.4) is 0 Å². The highest BCUT2D eigenvalue weighted by molar-refractivity contribution is 5.88. The van der Waals surface area contributed by atoms with Crippen molar-refractivity contribution in [3.05, 3.63) is 77.8 Å². The summed E-state index contributed by atoms with van der Waals surface area (Å²) in [5, 5.41) is 3.20. The van der Waals surface area contributed by atoms with Crippen molar-refractivity contribution in [2.24, 2.45) is 0 Å². The summed E-state index contributed by atoms with van der Waals surface area (Å²) >= 11 is 0. The lowest BCUT2D eigenvalue weighted by Crippen LogP contribution is -2.45. The zero-order valence-electron chi connectivity index (χ0n) is 16.8. The molecule has 0 heterocycles. The van der Waals surface area contributed by atoms with Crippen LogP contribution in [-0.2, 0) is 4.79 Å². The van der Waals surface area contributed by atoms with Gasteiger partial charge in [0.1, 0.15) is 11.9 Å². The number of nitrogens with zero attached hydrogens (tertiary/aromatic N) is 1. The number of amides is 1. The molecule has 0 aliphatic heterocycles. The van der Waals surface area contributed by atoms with Gasteiger partial charge in [-0.1, -0.05) is 62.1 Å². The minimum Gasteiger partial charge on any atom is -0.351 e. The second-order valence-corrected chi connectivity index (χ2v) is 7.54. The zero-order chi connectivity index (χ0) is 20.8. The van der Waals surface area contributed by atoms with E-state index in [-0.39, 0.29) is 11.9 Å². The fourth-order valence-corrected chi connectivity index (χ4v) is 3.97. The van der Waals surface area contributed by atoms with Gasteiger partial charge in [0.25, 0.3) is 0 Å². The highest BCUT2D eigenvalue weighted by atomic mass is 19.1. The van der Waals surface area contributed by atoms with Gasteiger partial charge in [0.15, 0.2) is 0 Å². The molecule has 1 saturated carbocycles. The quantitative estimate of drug-likeness (QED) is 0.681. The van der Waals surface area contributed by atoms with E-state index in [0.717, 1.165) is 36.8 Å². The molecular formula is C25H27FN2O. The lowest BCUT2D eigenvalue weighted by atomic mass is 9.93. The SMILES string of the molecule is C#CC(=C)N(c1cccc(F)c1)C(C(=O)NC1CCCCC1)c1ccccc1C. The second-order valence-electron chi connectivity index (χ2n) is 7.54. The maximum absolute atomic E-state index is 14.0. The molecule has 3 rings (SSSR count). The highest BCUT2D eigenvalue weighted by Crippen LogP contribution is 2.33. The van der Waals surface area contributed by atoms with Gasteiger partial charge in [-0.25, -0.2) is 4.39 Å². The summed E-state index contributed by atoms with van der Waals surface area (Å²) in [7, 11) is 0. The standard InChI is InChI=1S/C25H27FN2O/c1-4-19(3)28(22-15-10-12-20(26)17-22)24(23-16-9-8-11-18(23)2)25(29)27-21-13-6-5-7-14-21/h1,8-12,15-17,21,24H,3,5-7,13-14H2,2H3,(H,27,29). The Bertz CT molecular complexity index is 924. The minimum absolute atomic E-state index is 0.146. The van der Waals surface area contributed by atoms with Gasteiger partial charge in [0.05, 0.1) is 5.70 Å². The molecule has 1 aliphatic carbocycles. The Labute approximate surface area is 172 Å². The Kier molecular flexibility index (Phi) is 6.72. The van der Waals surface area contributed by atoms with E-state index in [9.17, 15) is 9.18 Å². The topological polar surface area (TPSA) is 32.3 Å². The molecule has 0 aromatic heterocycles. The third-order valence-electron chi connectivity index (χ3n) is 5.48. The van der Waals surface area contributed by atoms with Crippen molar-refractivity contribution >= 4 is 11.6 Å². The average Bonchev–Trinajstić information content (AvgIpc) is 2.73. The average molecular weight is 391 g/mol. The first-order valence-electron chi connectivity index (χ1n) is 10.1. The normalized spacial score (nSPS) is 15.2. The van der Waals surface area contributed by atoms with Gasteiger partial charge >= 0.3 is 0 Å². The molecular weight excluding hydrogens is 363 g/mol. The largest absolute Gasteiger partial charge is 0.351 e. The summed E-state index contributed by atoms with van der Waals surface area (Å²) in [5.41, 5.74) is 2.59. The number of allylic oxidation sites excluding steroid dienone is 1. The summed E-state index contributed by atoms with van der Waals surface area (Å²) in [6.45, 7) is 5.93. The van der Waals surface area contributed by atoms with Crippen LogP contribution >= 0.6 is 0 Å². The monoisotopic (exact) mass is 390 g/mol. The van der Waals surface area contributed by atoms with E-state index in [1.165, 1.54) is 18.6 Å². The first-order valence-corrected chi connectivity index (χ1v) is 10.1. The van der Waals surface area contributed by atoms with Crippen LogP contribution in [0, 0.1) is 25.1 Å². The molecule has 0 saturated heterocycles. The van der Waals surface area contributed by atoms with Crippen LogP contribution in [-0.4, -0.2) is 11.9 Å². The van der Waals surface area contributed by atoms with Crippen molar-refractivity contribution in [3.8, 4) is 12.3 Å². The van der Waals surface area contributed by atoms with Crippen molar-refractivity contribution in [1.82, 2.24) is 5.32 Å². The maximum Gasteiger partial charge on any atom is 0.247 e. The van der Waals surface area contributed by atoms with Gasteiger partial charge in [0.2, 0.25) is 5.91 Å². The van der Waals surface area contributed by atoms with Gasteiger partial charge in [-0.15, -0.1) is 6.42 Å². The Balaban J connectivity index is 2.06. The third-order valence-corrected chi connectivity index (χ3v) is 5.48. The molecule has 150 valence electrons. The molecule has 1 N–H and O–H groups in total. The van der Waals surface area contributed by atoms with E-state index in [1.807, 2.05) is 31.2 Å². The third kappa shape index (κ3) is 4.86. The number of carbonyl (C=O) groups excluding carboxylic acids is 1. The van der Waals surface area contributed by atoms with E-state index < -0.39 is 11.9 Å². The molecule has 1 atom stereocenters. The lowest BCUT2D eigenvalue weighted by Gasteiger charge is -2.35. The predicted molar refractivity (Wildman–Crippen MR) is 116 cm³/mol. The molecule has 4 heteroatoms. The van der Waals surface area contributed by atoms with E-state index >= 15 is 0 Å². The Morgan fingerprint density at radius 3 is 2.59 bits per heavy atom. The van der Waals surface area contributed by atoms with E-state index in [2.05, 4.69) is 17.8 Å². The molecule has 2 aromatic rings. The van der Waals surface area contributed by atoms with Gasteiger partial charge in [0, 0.05) is 11.7 Å². The van der Waals surface area contributed by atoms with Gasteiger partial charge < -0.3 is 10.2 Å². The molecule has 1 fully saturated rings. The summed E-state index contributed by atoms with van der Waals surface area (Å²) in [5.74, 6) is 2.00. The number of hydrogen-bond acceptors (Lipinski definition) is 2. The number of rotatable bonds is 6. The van der Waals surface area contributed by atoms with Crippen molar-refractivity contribution in [2.75, 3.05) is 4.90 Å². The number of carbonyl (C=O) groups is 1. The predicted octanol–water partition coefficient (Wildman–Crippen LogP) is 5.28. The zero-order valence-corrected chi connectivity index (χ0v) is 16.8. The molecule has 0 bridgehead atoms. The molecule has 0 spiro atoms. The number of terminal acetylenes is 1. The first-order chi connectivity index (χ1) is 14.0. The number of hydrogen-bond donors (Lipinski definition) is 1. The molecule has 0 radical (unpaired) electrons. The van der Waals surface area contributed by atoms with Gasteiger partial charge in [-0.3, -0.25) is 4.79 Å². The molecule has 29 heavy (non-hydrogen) atoms. The van der Waals surface area contributed by atoms with Gasteiger partial charge in [-0.2, -0.15) is 0 Å². The number of benzene rings is 2. The number of halogens is 1. The van der Waals surface area contributed by atoms with Crippen molar-refractivity contribution in [2.45, 2.75) is 51.1 Å². The van der Waals surface area contributed by atoms with Crippen LogP contribution in [0.25, 0.3) is 0 Å². The molecule has 2 aromatic carbocycles. The summed E-state index contributed by atoms with van der Waals surface area (Å²) < 4.78 is 14.0. The number of anilines is 1. The fraction of sp³-hybridized carbons (Fsp3) is 0.320. The molecule has 3 nitrogen and oxygen atoms in total. The van der Waals surface area contributed by atoms with Gasteiger partial charge in [-0.05, 0) is 49.1 Å².